The molecule has 0 radical (unpaired) electrons. The second kappa shape index (κ2) is 6.75. The van der Waals surface area contributed by atoms with Crippen molar-refractivity contribution >= 4 is 17.3 Å². The van der Waals surface area contributed by atoms with Gasteiger partial charge in [-0.15, -0.1) is 0 Å². The predicted molar refractivity (Wildman–Crippen MR) is 76.6 cm³/mol. The summed E-state index contributed by atoms with van der Waals surface area (Å²) >= 11 is 1.66. The Morgan fingerprint density at radius 2 is 2.21 bits per heavy atom. The molecule has 0 spiro atoms. The molecule has 0 saturated heterocycles. The lowest BCUT2D eigenvalue weighted by molar-refractivity contribution is -0.131. The maximum Gasteiger partial charge on any atom is 0.327 e. The van der Waals surface area contributed by atoms with Crippen molar-refractivity contribution in [1.82, 2.24) is 0 Å². The summed E-state index contributed by atoms with van der Waals surface area (Å²) in [6.07, 6.45) is 3.30. The number of hydrogen-bond acceptors (Lipinski definition) is 3. The Kier molecular flexibility index (Phi) is 4.75. The van der Waals surface area contributed by atoms with E-state index in [9.17, 15) is 4.79 Å². The zero-order valence-electron chi connectivity index (χ0n) is 10.3. The number of ether oxygens (including phenoxy) is 1. The van der Waals surface area contributed by atoms with Gasteiger partial charge in [0.1, 0.15) is 5.75 Å². The number of rotatable bonds is 6. The Labute approximate surface area is 115 Å². The molecule has 19 heavy (non-hydrogen) atoms. The van der Waals surface area contributed by atoms with Crippen LogP contribution >= 0.6 is 11.3 Å². The molecule has 0 aliphatic heterocycles. The zero-order valence-corrected chi connectivity index (χ0v) is 11.1. The summed E-state index contributed by atoms with van der Waals surface area (Å²) in [6.45, 7) is 0.469. The summed E-state index contributed by atoms with van der Waals surface area (Å²) in [7, 11) is 0. The highest BCUT2D eigenvalue weighted by Crippen LogP contribution is 2.25. The third-order valence-electron chi connectivity index (χ3n) is 2.50. The van der Waals surface area contributed by atoms with Gasteiger partial charge in [-0.2, -0.15) is 11.3 Å². The van der Waals surface area contributed by atoms with E-state index in [1.165, 1.54) is 5.56 Å². The second-order valence-corrected chi connectivity index (χ2v) is 4.70. The molecule has 0 atom stereocenters. The highest BCUT2D eigenvalue weighted by Gasteiger charge is 2.00. The lowest BCUT2D eigenvalue weighted by atomic mass is 10.1. The normalized spacial score (nSPS) is 10.7. The van der Waals surface area contributed by atoms with Gasteiger partial charge in [-0.1, -0.05) is 18.2 Å². The molecule has 0 amide bonds. The zero-order chi connectivity index (χ0) is 13.5. The number of carbonyl (C=O) groups is 1. The standard InChI is InChI=1S/C15H14O3S/c16-15(17)6-1-2-8-18-14-5-3-4-12(10-14)13-7-9-19-11-13/h1,3-7,9-11H,2,8H2,(H,16,17)/b6-1+. The van der Waals surface area contributed by atoms with Crippen LogP contribution in [-0.2, 0) is 4.79 Å². The van der Waals surface area contributed by atoms with Gasteiger partial charge in [0.25, 0.3) is 0 Å². The molecule has 0 aliphatic rings. The van der Waals surface area contributed by atoms with E-state index in [-0.39, 0.29) is 0 Å². The SMILES string of the molecule is O=C(O)/C=C/CCOc1cccc(-c2ccsc2)c1. The van der Waals surface area contributed by atoms with Crippen LogP contribution in [0.1, 0.15) is 6.42 Å². The van der Waals surface area contributed by atoms with Crippen LogP contribution in [0.5, 0.6) is 5.75 Å². The molecule has 3 nitrogen and oxygen atoms in total. The van der Waals surface area contributed by atoms with Crippen LogP contribution in [0.15, 0.2) is 53.2 Å². The van der Waals surface area contributed by atoms with Crippen molar-refractivity contribution in [1.29, 1.82) is 0 Å². The Balaban J connectivity index is 1.91. The summed E-state index contributed by atoms with van der Waals surface area (Å²) in [5.74, 6) is -0.133. The quantitative estimate of drug-likeness (QED) is 0.643. The van der Waals surface area contributed by atoms with Crippen molar-refractivity contribution in [2.75, 3.05) is 6.61 Å². The third kappa shape index (κ3) is 4.26. The monoisotopic (exact) mass is 274 g/mol. The average Bonchev–Trinajstić information content (AvgIpc) is 2.92. The van der Waals surface area contributed by atoms with Crippen LogP contribution in [0.4, 0.5) is 0 Å². The Morgan fingerprint density at radius 3 is 2.95 bits per heavy atom. The molecule has 4 heteroatoms. The molecule has 1 heterocycles. The first-order chi connectivity index (χ1) is 9.25. The molecule has 1 aromatic carbocycles. The fraction of sp³-hybridized carbons (Fsp3) is 0.133. The predicted octanol–water partition coefficient (Wildman–Crippen LogP) is 3.82. The summed E-state index contributed by atoms with van der Waals surface area (Å²) in [6, 6.07) is 9.95. The van der Waals surface area contributed by atoms with Crippen LogP contribution in [0, 0.1) is 0 Å². The maximum absolute atomic E-state index is 10.3. The van der Waals surface area contributed by atoms with Crippen LogP contribution in [0.2, 0.25) is 0 Å². The average molecular weight is 274 g/mol. The lowest BCUT2D eigenvalue weighted by Gasteiger charge is -2.06. The fourth-order valence-corrected chi connectivity index (χ4v) is 2.29. The Morgan fingerprint density at radius 1 is 1.32 bits per heavy atom. The third-order valence-corrected chi connectivity index (χ3v) is 3.19. The van der Waals surface area contributed by atoms with Gasteiger partial charge in [0.05, 0.1) is 6.61 Å². The smallest absolute Gasteiger partial charge is 0.327 e. The van der Waals surface area contributed by atoms with Gasteiger partial charge >= 0.3 is 5.97 Å². The maximum atomic E-state index is 10.3. The minimum Gasteiger partial charge on any atom is -0.493 e. The van der Waals surface area contributed by atoms with Gasteiger partial charge in [0, 0.05) is 6.08 Å². The second-order valence-electron chi connectivity index (χ2n) is 3.92. The van der Waals surface area contributed by atoms with Crippen LogP contribution in [-0.4, -0.2) is 17.7 Å². The van der Waals surface area contributed by atoms with E-state index in [1.807, 2.05) is 29.6 Å². The number of hydrogen-bond donors (Lipinski definition) is 1. The topological polar surface area (TPSA) is 46.5 Å². The first-order valence-electron chi connectivity index (χ1n) is 5.90. The fourth-order valence-electron chi connectivity index (χ4n) is 1.62. The Hall–Kier alpha value is -2.07. The van der Waals surface area contributed by atoms with Crippen LogP contribution in [0.3, 0.4) is 0 Å². The molecular weight excluding hydrogens is 260 g/mol. The van der Waals surface area contributed by atoms with Crippen molar-refractivity contribution < 1.29 is 14.6 Å². The molecule has 0 aliphatic carbocycles. The number of carboxylic acid groups (broad SMARTS) is 1. The largest absolute Gasteiger partial charge is 0.493 e. The van der Waals surface area contributed by atoms with E-state index in [0.717, 1.165) is 17.4 Å². The van der Waals surface area contributed by atoms with E-state index >= 15 is 0 Å². The summed E-state index contributed by atoms with van der Waals surface area (Å²) in [4.78, 5) is 10.3. The number of carboxylic acids is 1. The van der Waals surface area contributed by atoms with Gasteiger partial charge in [0.15, 0.2) is 0 Å². The summed E-state index contributed by atoms with van der Waals surface area (Å²) in [5, 5.41) is 12.6. The van der Waals surface area contributed by atoms with Gasteiger partial charge in [-0.05, 0) is 46.5 Å². The van der Waals surface area contributed by atoms with Gasteiger partial charge < -0.3 is 9.84 Å². The minimum absolute atomic E-state index is 0.469. The molecule has 1 N–H and O–H groups in total. The van der Waals surface area contributed by atoms with Crippen molar-refractivity contribution in [2.45, 2.75) is 6.42 Å². The molecule has 2 rings (SSSR count). The number of thiophene rings is 1. The van der Waals surface area contributed by atoms with Gasteiger partial charge in [0.2, 0.25) is 0 Å². The van der Waals surface area contributed by atoms with Crippen molar-refractivity contribution in [3.63, 3.8) is 0 Å². The van der Waals surface area contributed by atoms with E-state index < -0.39 is 5.97 Å². The van der Waals surface area contributed by atoms with Crippen LogP contribution in [0.25, 0.3) is 11.1 Å². The molecule has 0 saturated carbocycles. The van der Waals surface area contributed by atoms with Crippen LogP contribution < -0.4 is 4.74 Å². The van der Waals surface area contributed by atoms with E-state index in [1.54, 1.807) is 17.4 Å². The molecular formula is C15H14O3S. The summed E-state index contributed by atoms with van der Waals surface area (Å²) in [5.41, 5.74) is 2.31. The van der Waals surface area contributed by atoms with Gasteiger partial charge in [-0.25, -0.2) is 4.79 Å². The molecule has 0 unspecified atom stereocenters. The van der Waals surface area contributed by atoms with Crippen molar-refractivity contribution in [3.8, 4) is 16.9 Å². The summed E-state index contributed by atoms with van der Waals surface area (Å²) < 4.78 is 5.59. The number of aliphatic carboxylic acids is 1. The Bertz CT molecular complexity index is 559. The number of benzene rings is 1. The first kappa shape index (κ1) is 13.4. The first-order valence-corrected chi connectivity index (χ1v) is 6.85. The molecule has 2 aromatic rings. The highest BCUT2D eigenvalue weighted by molar-refractivity contribution is 7.08. The van der Waals surface area contributed by atoms with Gasteiger partial charge in [-0.3, -0.25) is 0 Å². The van der Waals surface area contributed by atoms with E-state index in [4.69, 9.17) is 9.84 Å². The molecule has 0 fully saturated rings. The molecule has 98 valence electrons. The van der Waals surface area contributed by atoms with E-state index in [0.29, 0.717) is 13.0 Å². The van der Waals surface area contributed by atoms with E-state index in [2.05, 4.69) is 11.4 Å². The molecule has 1 aromatic heterocycles. The van der Waals surface area contributed by atoms with Crippen molar-refractivity contribution in [2.24, 2.45) is 0 Å². The minimum atomic E-state index is -0.931. The molecule has 0 bridgehead atoms. The lowest BCUT2D eigenvalue weighted by Crippen LogP contribution is -1.96. The van der Waals surface area contributed by atoms with Crippen molar-refractivity contribution in [3.05, 3.63) is 53.2 Å². The highest BCUT2D eigenvalue weighted by atomic mass is 32.1.